The minimum absolute atomic E-state index is 0.283. The Morgan fingerprint density at radius 2 is 2.41 bits per heavy atom. The first kappa shape index (κ1) is 11.4. The number of halogens is 1. The van der Waals surface area contributed by atoms with E-state index in [1.165, 1.54) is 10.6 Å². The highest BCUT2D eigenvalue weighted by atomic mass is 79.9. The zero-order valence-corrected chi connectivity index (χ0v) is 11.7. The maximum atomic E-state index is 9.21. The summed E-state index contributed by atoms with van der Waals surface area (Å²) in [5, 5.41) is 9.21. The Balaban J connectivity index is 1.96. The van der Waals surface area contributed by atoms with Gasteiger partial charge in [0.05, 0.1) is 8.66 Å². The van der Waals surface area contributed by atoms with Gasteiger partial charge in [-0.2, -0.15) is 0 Å². The fourth-order valence-corrected chi connectivity index (χ4v) is 3.71. The fraction of sp³-hybridized carbons (Fsp3) is 0.417. The molecular weight excluding hydrogens is 300 g/mol. The van der Waals surface area contributed by atoms with Crippen molar-refractivity contribution in [3.63, 3.8) is 0 Å². The Morgan fingerprint density at radius 1 is 1.53 bits per heavy atom. The molecule has 1 N–H and O–H groups in total. The van der Waals surface area contributed by atoms with Crippen molar-refractivity contribution in [2.45, 2.75) is 19.4 Å². The number of imidazole rings is 1. The second-order valence-electron chi connectivity index (χ2n) is 4.37. The van der Waals surface area contributed by atoms with Crippen LogP contribution >= 0.6 is 27.3 Å². The predicted octanol–water partition coefficient (Wildman–Crippen LogP) is 2.93. The van der Waals surface area contributed by atoms with Crippen LogP contribution in [0, 0.1) is 5.92 Å². The first-order valence-electron chi connectivity index (χ1n) is 5.69. The third kappa shape index (κ3) is 2.07. The average molecular weight is 313 g/mol. The van der Waals surface area contributed by atoms with Gasteiger partial charge in [0.1, 0.15) is 5.82 Å². The van der Waals surface area contributed by atoms with Crippen molar-refractivity contribution in [2.24, 2.45) is 5.92 Å². The van der Waals surface area contributed by atoms with Crippen molar-refractivity contribution >= 4 is 27.3 Å². The number of fused-ring (bicyclic) bond motifs is 1. The molecule has 0 saturated carbocycles. The lowest BCUT2D eigenvalue weighted by Gasteiger charge is -2.23. The van der Waals surface area contributed by atoms with Crippen LogP contribution in [0.25, 0.3) is 10.7 Å². The molecule has 0 bridgehead atoms. The molecule has 0 aromatic carbocycles. The van der Waals surface area contributed by atoms with Crippen LogP contribution in [-0.4, -0.2) is 21.3 Å². The third-order valence-electron chi connectivity index (χ3n) is 3.25. The molecule has 3 heterocycles. The number of rotatable bonds is 2. The average Bonchev–Trinajstić information content (AvgIpc) is 2.93. The molecule has 17 heavy (non-hydrogen) atoms. The van der Waals surface area contributed by atoms with Crippen LogP contribution < -0.4 is 0 Å². The van der Waals surface area contributed by atoms with E-state index in [-0.39, 0.29) is 6.61 Å². The van der Waals surface area contributed by atoms with E-state index in [0.717, 1.165) is 29.0 Å². The van der Waals surface area contributed by atoms with Gasteiger partial charge < -0.3 is 9.67 Å². The number of aromatic nitrogens is 2. The first-order chi connectivity index (χ1) is 8.28. The Morgan fingerprint density at radius 3 is 3.12 bits per heavy atom. The van der Waals surface area contributed by atoms with Gasteiger partial charge in [-0.15, -0.1) is 11.3 Å². The zero-order valence-electron chi connectivity index (χ0n) is 9.27. The van der Waals surface area contributed by atoms with Gasteiger partial charge in [0.2, 0.25) is 0 Å². The predicted molar refractivity (Wildman–Crippen MR) is 72.1 cm³/mol. The quantitative estimate of drug-likeness (QED) is 0.926. The highest BCUT2D eigenvalue weighted by Gasteiger charge is 2.21. The molecule has 1 aliphatic heterocycles. The summed E-state index contributed by atoms with van der Waals surface area (Å²) in [4.78, 5) is 5.72. The van der Waals surface area contributed by atoms with Crippen molar-refractivity contribution in [1.29, 1.82) is 0 Å². The Kier molecular flexibility index (Phi) is 3.06. The molecule has 1 atom stereocenters. The topological polar surface area (TPSA) is 38.0 Å². The fourth-order valence-electron chi connectivity index (χ4n) is 2.32. The Bertz CT molecular complexity index is 534. The van der Waals surface area contributed by atoms with E-state index in [0.29, 0.717) is 5.92 Å². The molecule has 0 radical (unpaired) electrons. The van der Waals surface area contributed by atoms with Gasteiger partial charge in [0.25, 0.3) is 0 Å². The van der Waals surface area contributed by atoms with Gasteiger partial charge in [-0.25, -0.2) is 4.98 Å². The van der Waals surface area contributed by atoms with Gasteiger partial charge in [-0.05, 0) is 46.8 Å². The number of aliphatic hydroxyl groups is 1. The number of aliphatic hydroxyl groups excluding tert-OH is 1. The van der Waals surface area contributed by atoms with E-state index < -0.39 is 0 Å². The highest BCUT2D eigenvalue weighted by molar-refractivity contribution is 9.11. The van der Waals surface area contributed by atoms with E-state index in [9.17, 15) is 5.11 Å². The summed E-state index contributed by atoms with van der Waals surface area (Å²) in [5.74, 6) is 1.47. The number of hydrogen-bond acceptors (Lipinski definition) is 3. The monoisotopic (exact) mass is 312 g/mol. The summed E-state index contributed by atoms with van der Waals surface area (Å²) < 4.78 is 3.42. The van der Waals surface area contributed by atoms with E-state index >= 15 is 0 Å². The second-order valence-corrected chi connectivity index (χ2v) is 6.83. The summed E-state index contributed by atoms with van der Waals surface area (Å²) in [6.07, 6.45) is 3.93. The van der Waals surface area contributed by atoms with Crippen molar-refractivity contribution < 1.29 is 5.11 Å². The van der Waals surface area contributed by atoms with Gasteiger partial charge in [0.15, 0.2) is 0 Å². The molecule has 1 unspecified atom stereocenters. The molecule has 2 aromatic heterocycles. The molecule has 2 aromatic rings. The molecular formula is C12H13BrN2OS. The minimum atomic E-state index is 0.283. The van der Waals surface area contributed by atoms with E-state index in [4.69, 9.17) is 0 Å². The molecule has 1 aliphatic rings. The van der Waals surface area contributed by atoms with Gasteiger partial charge in [-0.3, -0.25) is 0 Å². The van der Waals surface area contributed by atoms with Crippen molar-refractivity contribution in [3.8, 4) is 10.7 Å². The maximum absolute atomic E-state index is 9.21. The molecule has 0 saturated heterocycles. The molecule has 0 fully saturated rings. The minimum Gasteiger partial charge on any atom is -0.396 e. The smallest absolute Gasteiger partial charge is 0.150 e. The van der Waals surface area contributed by atoms with Crippen LogP contribution in [0.2, 0.25) is 0 Å². The zero-order chi connectivity index (χ0) is 11.8. The summed E-state index contributed by atoms with van der Waals surface area (Å²) in [6.45, 7) is 1.25. The largest absolute Gasteiger partial charge is 0.396 e. The molecule has 0 amide bonds. The van der Waals surface area contributed by atoms with Gasteiger partial charge in [0, 0.05) is 25.0 Å². The summed E-state index contributed by atoms with van der Waals surface area (Å²) in [5.41, 5.74) is 1.25. The molecule has 5 heteroatoms. The maximum Gasteiger partial charge on any atom is 0.150 e. The van der Waals surface area contributed by atoms with Crippen molar-refractivity contribution in [1.82, 2.24) is 9.55 Å². The first-order valence-corrected chi connectivity index (χ1v) is 7.30. The molecule has 90 valence electrons. The third-order valence-corrected chi connectivity index (χ3v) is 4.87. The van der Waals surface area contributed by atoms with Crippen molar-refractivity contribution in [3.05, 3.63) is 27.8 Å². The van der Waals surface area contributed by atoms with E-state index in [1.807, 2.05) is 6.20 Å². The van der Waals surface area contributed by atoms with E-state index in [1.54, 1.807) is 11.3 Å². The lowest BCUT2D eigenvalue weighted by atomic mass is 9.97. The van der Waals surface area contributed by atoms with Gasteiger partial charge in [-0.1, -0.05) is 0 Å². The molecule has 0 spiro atoms. The summed E-state index contributed by atoms with van der Waals surface area (Å²) in [7, 11) is 0. The van der Waals surface area contributed by atoms with Crippen LogP contribution in [0.4, 0.5) is 0 Å². The number of thiophene rings is 1. The van der Waals surface area contributed by atoms with Crippen LogP contribution in [0.3, 0.4) is 0 Å². The van der Waals surface area contributed by atoms with Crippen LogP contribution in [0.15, 0.2) is 22.1 Å². The van der Waals surface area contributed by atoms with Crippen molar-refractivity contribution in [2.75, 3.05) is 6.61 Å². The lowest BCUT2D eigenvalue weighted by molar-refractivity contribution is 0.201. The summed E-state index contributed by atoms with van der Waals surface area (Å²) in [6, 6.07) is 4.16. The summed E-state index contributed by atoms with van der Waals surface area (Å²) >= 11 is 5.19. The SMILES string of the molecule is OCC1CCn2c(cnc2-c2ccc(Br)s2)C1. The van der Waals surface area contributed by atoms with Crippen LogP contribution in [0.5, 0.6) is 0 Å². The Hall–Kier alpha value is -0.650. The second kappa shape index (κ2) is 4.55. The van der Waals surface area contributed by atoms with Crippen LogP contribution in [-0.2, 0) is 13.0 Å². The number of hydrogen-bond donors (Lipinski definition) is 1. The lowest BCUT2D eigenvalue weighted by Crippen LogP contribution is -2.21. The molecule has 3 rings (SSSR count). The standard InChI is InChI=1S/C12H13BrN2OS/c13-11-2-1-10(17-11)12-14-6-9-5-8(7-16)3-4-15(9)12/h1-2,6,8,16H,3-5,7H2. The van der Waals surface area contributed by atoms with Crippen LogP contribution in [0.1, 0.15) is 12.1 Å². The highest BCUT2D eigenvalue weighted by Crippen LogP contribution is 2.33. The number of nitrogens with zero attached hydrogens (tertiary/aromatic N) is 2. The van der Waals surface area contributed by atoms with E-state index in [2.05, 4.69) is 37.6 Å². The van der Waals surface area contributed by atoms with Gasteiger partial charge >= 0.3 is 0 Å². The molecule has 0 aliphatic carbocycles. The normalized spacial score (nSPS) is 19.3. The Labute approximate surface area is 112 Å². The molecule has 3 nitrogen and oxygen atoms in total.